The third kappa shape index (κ3) is 7.48. The molecule has 0 fully saturated rings. The molecule has 0 aromatic heterocycles. The fraction of sp³-hybridized carbons (Fsp3) is 0.357. The standard InChI is InChI=1S/C14H18N2O4S2/c15-11(13(18)19)8-21-7-6-16-12(17)9-22-14(20)10-4-2-1-3-5-10/h1-5,11H,6-9,15H2,(H,16,17)(H,18,19). The average molecular weight is 342 g/mol. The summed E-state index contributed by atoms with van der Waals surface area (Å²) in [5.74, 6) is -0.325. The highest BCUT2D eigenvalue weighted by molar-refractivity contribution is 8.14. The Bertz CT molecular complexity index is 511. The normalized spacial score (nSPS) is 11.7. The van der Waals surface area contributed by atoms with E-state index in [0.29, 0.717) is 23.6 Å². The Kier molecular flexibility index (Phi) is 8.64. The van der Waals surface area contributed by atoms with E-state index in [2.05, 4.69) is 5.32 Å². The molecule has 120 valence electrons. The number of carbonyl (C=O) groups is 3. The lowest BCUT2D eigenvalue weighted by molar-refractivity contribution is -0.137. The first kappa shape index (κ1) is 18.5. The van der Waals surface area contributed by atoms with Crippen molar-refractivity contribution >= 4 is 40.5 Å². The van der Waals surface area contributed by atoms with Gasteiger partial charge in [0.1, 0.15) is 6.04 Å². The SMILES string of the molecule is NC(CSCCNC(=O)CSC(=O)c1ccccc1)C(=O)O. The van der Waals surface area contributed by atoms with E-state index in [4.69, 9.17) is 10.8 Å². The maximum atomic E-state index is 11.8. The number of hydrogen-bond donors (Lipinski definition) is 3. The molecule has 1 unspecified atom stereocenters. The topological polar surface area (TPSA) is 109 Å². The molecular formula is C14H18N2O4S2. The van der Waals surface area contributed by atoms with Gasteiger partial charge in [-0.1, -0.05) is 42.1 Å². The number of nitrogens with one attached hydrogen (secondary N) is 1. The maximum absolute atomic E-state index is 11.8. The van der Waals surface area contributed by atoms with Crippen molar-refractivity contribution in [1.82, 2.24) is 5.32 Å². The number of carbonyl (C=O) groups excluding carboxylic acids is 2. The summed E-state index contributed by atoms with van der Waals surface area (Å²) in [6.45, 7) is 0.413. The number of carboxylic acids is 1. The molecule has 1 rings (SSSR count). The van der Waals surface area contributed by atoms with E-state index >= 15 is 0 Å². The van der Waals surface area contributed by atoms with Crippen LogP contribution in [0.3, 0.4) is 0 Å². The molecule has 1 aromatic rings. The van der Waals surface area contributed by atoms with Crippen LogP contribution in [0.15, 0.2) is 30.3 Å². The van der Waals surface area contributed by atoms with Gasteiger partial charge in [0, 0.05) is 23.6 Å². The Balaban J connectivity index is 2.11. The van der Waals surface area contributed by atoms with E-state index in [-0.39, 0.29) is 16.8 Å². The van der Waals surface area contributed by atoms with Gasteiger partial charge in [-0.05, 0) is 0 Å². The molecule has 0 saturated carbocycles. The number of benzene rings is 1. The predicted octanol–water partition coefficient (Wildman–Crippen LogP) is 0.821. The summed E-state index contributed by atoms with van der Waals surface area (Å²) in [5.41, 5.74) is 5.91. The quantitative estimate of drug-likeness (QED) is 0.570. The zero-order valence-electron chi connectivity index (χ0n) is 11.9. The van der Waals surface area contributed by atoms with Crippen molar-refractivity contribution in [3.63, 3.8) is 0 Å². The van der Waals surface area contributed by atoms with Crippen LogP contribution in [0.2, 0.25) is 0 Å². The van der Waals surface area contributed by atoms with E-state index in [1.54, 1.807) is 24.3 Å². The van der Waals surface area contributed by atoms with Crippen LogP contribution in [0, 0.1) is 0 Å². The summed E-state index contributed by atoms with van der Waals surface area (Å²) in [5, 5.41) is 11.1. The Hall–Kier alpha value is -1.51. The van der Waals surface area contributed by atoms with E-state index in [1.165, 1.54) is 11.8 Å². The lowest BCUT2D eigenvalue weighted by atomic mass is 10.2. The van der Waals surface area contributed by atoms with Crippen LogP contribution in [0.4, 0.5) is 0 Å². The smallest absolute Gasteiger partial charge is 0.321 e. The molecule has 0 aliphatic rings. The highest BCUT2D eigenvalue weighted by atomic mass is 32.2. The maximum Gasteiger partial charge on any atom is 0.321 e. The van der Waals surface area contributed by atoms with Crippen LogP contribution < -0.4 is 11.1 Å². The van der Waals surface area contributed by atoms with Gasteiger partial charge >= 0.3 is 5.97 Å². The van der Waals surface area contributed by atoms with Crippen molar-refractivity contribution in [2.75, 3.05) is 23.8 Å². The molecule has 0 heterocycles. The number of nitrogens with two attached hydrogens (primary N) is 1. The number of hydrogen-bond acceptors (Lipinski definition) is 6. The van der Waals surface area contributed by atoms with Crippen molar-refractivity contribution in [2.24, 2.45) is 5.73 Å². The van der Waals surface area contributed by atoms with Crippen LogP contribution in [-0.4, -0.2) is 51.9 Å². The molecule has 0 radical (unpaired) electrons. The number of rotatable bonds is 9. The van der Waals surface area contributed by atoms with Gasteiger partial charge in [-0.3, -0.25) is 14.4 Å². The zero-order chi connectivity index (χ0) is 16.4. The lowest BCUT2D eigenvalue weighted by Crippen LogP contribution is -2.33. The van der Waals surface area contributed by atoms with Crippen molar-refractivity contribution in [1.29, 1.82) is 0 Å². The number of aliphatic carboxylic acids is 1. The summed E-state index contributed by atoms with van der Waals surface area (Å²) < 4.78 is 0. The minimum absolute atomic E-state index is 0.0625. The molecule has 0 spiro atoms. The molecule has 8 heteroatoms. The number of amides is 1. The van der Waals surface area contributed by atoms with Gasteiger partial charge in [0.05, 0.1) is 5.75 Å². The third-order valence-corrected chi connectivity index (χ3v) is 4.52. The molecule has 1 amide bonds. The van der Waals surface area contributed by atoms with E-state index in [1.807, 2.05) is 6.07 Å². The summed E-state index contributed by atoms with van der Waals surface area (Å²) in [6.07, 6.45) is 0. The molecule has 0 aliphatic heterocycles. The molecule has 0 aliphatic carbocycles. The molecular weight excluding hydrogens is 324 g/mol. The Morgan fingerprint density at radius 2 is 1.91 bits per heavy atom. The summed E-state index contributed by atoms with van der Waals surface area (Å²) in [6, 6.07) is 7.88. The van der Waals surface area contributed by atoms with Crippen LogP contribution in [0.1, 0.15) is 10.4 Å². The molecule has 1 aromatic carbocycles. The fourth-order valence-corrected chi connectivity index (χ4v) is 2.86. The molecule has 0 saturated heterocycles. The molecule has 0 bridgehead atoms. The second kappa shape index (κ2) is 10.3. The Morgan fingerprint density at radius 3 is 2.55 bits per heavy atom. The molecule has 1 atom stereocenters. The van der Waals surface area contributed by atoms with Crippen molar-refractivity contribution < 1.29 is 19.5 Å². The largest absolute Gasteiger partial charge is 0.480 e. The van der Waals surface area contributed by atoms with Gasteiger partial charge < -0.3 is 16.2 Å². The first-order valence-corrected chi connectivity index (χ1v) is 8.69. The predicted molar refractivity (Wildman–Crippen MR) is 89.2 cm³/mol. The lowest BCUT2D eigenvalue weighted by Gasteiger charge is -2.07. The van der Waals surface area contributed by atoms with E-state index < -0.39 is 12.0 Å². The fourth-order valence-electron chi connectivity index (χ4n) is 1.38. The Labute approximate surface area is 137 Å². The van der Waals surface area contributed by atoms with Gasteiger partial charge in [-0.15, -0.1) is 0 Å². The summed E-state index contributed by atoms with van der Waals surface area (Å²) >= 11 is 2.31. The second-order valence-electron chi connectivity index (χ2n) is 4.31. The highest BCUT2D eigenvalue weighted by Crippen LogP contribution is 2.11. The van der Waals surface area contributed by atoms with Gasteiger partial charge in [0.15, 0.2) is 0 Å². The molecule has 4 N–H and O–H groups in total. The first-order chi connectivity index (χ1) is 10.5. The molecule has 22 heavy (non-hydrogen) atoms. The minimum atomic E-state index is -1.03. The number of carboxylic acid groups (broad SMARTS) is 1. The average Bonchev–Trinajstić information content (AvgIpc) is 2.52. The summed E-state index contributed by atoms with van der Waals surface area (Å²) in [7, 11) is 0. The summed E-state index contributed by atoms with van der Waals surface area (Å²) in [4.78, 5) is 33.8. The van der Waals surface area contributed by atoms with E-state index in [0.717, 1.165) is 11.8 Å². The minimum Gasteiger partial charge on any atom is -0.480 e. The zero-order valence-corrected chi connectivity index (χ0v) is 13.5. The van der Waals surface area contributed by atoms with Crippen LogP contribution in [0.25, 0.3) is 0 Å². The third-order valence-electron chi connectivity index (χ3n) is 2.53. The second-order valence-corrected chi connectivity index (χ2v) is 6.41. The van der Waals surface area contributed by atoms with Gasteiger partial charge in [-0.25, -0.2) is 0 Å². The van der Waals surface area contributed by atoms with E-state index in [9.17, 15) is 14.4 Å². The first-order valence-electron chi connectivity index (χ1n) is 6.55. The van der Waals surface area contributed by atoms with Gasteiger partial charge in [0.25, 0.3) is 0 Å². The van der Waals surface area contributed by atoms with Gasteiger partial charge in [-0.2, -0.15) is 11.8 Å². The van der Waals surface area contributed by atoms with Crippen LogP contribution in [-0.2, 0) is 9.59 Å². The van der Waals surface area contributed by atoms with Crippen molar-refractivity contribution in [2.45, 2.75) is 6.04 Å². The van der Waals surface area contributed by atoms with Crippen LogP contribution >= 0.6 is 23.5 Å². The van der Waals surface area contributed by atoms with Crippen molar-refractivity contribution in [3.8, 4) is 0 Å². The van der Waals surface area contributed by atoms with Gasteiger partial charge in [0.2, 0.25) is 11.0 Å². The van der Waals surface area contributed by atoms with Crippen LogP contribution in [0.5, 0.6) is 0 Å². The molecule has 6 nitrogen and oxygen atoms in total. The number of thioether (sulfide) groups is 2. The highest BCUT2D eigenvalue weighted by Gasteiger charge is 2.11. The monoisotopic (exact) mass is 342 g/mol. The van der Waals surface area contributed by atoms with Crippen molar-refractivity contribution in [3.05, 3.63) is 35.9 Å². The Morgan fingerprint density at radius 1 is 1.23 bits per heavy atom.